The Labute approximate surface area is 131 Å². The topological polar surface area (TPSA) is 30.7 Å². The minimum atomic E-state index is 0.256. The first-order chi connectivity index (χ1) is 10.3. The lowest BCUT2D eigenvalue weighted by molar-refractivity contribution is 0.318. The van der Waals surface area contributed by atoms with E-state index in [2.05, 4.69) is 47.3 Å². The molecule has 1 heterocycles. The van der Waals surface area contributed by atoms with Crippen molar-refractivity contribution in [1.29, 1.82) is 0 Å². The van der Waals surface area contributed by atoms with Gasteiger partial charge < -0.3 is 0 Å². The fourth-order valence-electron chi connectivity index (χ4n) is 3.41. The van der Waals surface area contributed by atoms with Crippen molar-refractivity contribution < 1.29 is 0 Å². The summed E-state index contributed by atoms with van der Waals surface area (Å²) in [4.78, 5) is 4.41. The summed E-state index contributed by atoms with van der Waals surface area (Å²) < 4.78 is 1.98. The molecule has 0 radical (unpaired) electrons. The van der Waals surface area contributed by atoms with Gasteiger partial charge in [-0.25, -0.2) is 4.98 Å². The molecule has 1 aromatic carbocycles. The number of benzene rings is 1. The maximum absolute atomic E-state index is 6.59. The molecule has 3 nitrogen and oxygen atoms in total. The second-order valence-corrected chi connectivity index (χ2v) is 6.45. The SMILES string of the molecule is CCn1ncnc1CC1CC(c2ccccc2)CCC1Cl. The highest BCUT2D eigenvalue weighted by Crippen LogP contribution is 2.39. The molecule has 2 aromatic rings. The fourth-order valence-corrected chi connectivity index (χ4v) is 3.73. The van der Waals surface area contributed by atoms with E-state index in [9.17, 15) is 0 Å². The first-order valence-corrected chi connectivity index (χ1v) is 8.27. The van der Waals surface area contributed by atoms with Gasteiger partial charge in [0.2, 0.25) is 0 Å². The fraction of sp³-hybridized carbons (Fsp3) is 0.529. The monoisotopic (exact) mass is 303 g/mol. The van der Waals surface area contributed by atoms with Crippen molar-refractivity contribution in [2.45, 2.75) is 50.4 Å². The predicted octanol–water partition coefficient (Wildman–Crippen LogP) is 4.03. The highest BCUT2D eigenvalue weighted by molar-refractivity contribution is 6.20. The van der Waals surface area contributed by atoms with Crippen LogP contribution in [0.1, 0.15) is 43.5 Å². The zero-order valence-electron chi connectivity index (χ0n) is 12.5. The molecular weight excluding hydrogens is 282 g/mol. The first-order valence-electron chi connectivity index (χ1n) is 7.83. The summed E-state index contributed by atoms with van der Waals surface area (Å²) in [6, 6.07) is 10.8. The summed E-state index contributed by atoms with van der Waals surface area (Å²) in [5.74, 6) is 2.19. The Balaban J connectivity index is 1.72. The highest BCUT2D eigenvalue weighted by Gasteiger charge is 2.31. The van der Waals surface area contributed by atoms with Gasteiger partial charge >= 0.3 is 0 Å². The quantitative estimate of drug-likeness (QED) is 0.798. The van der Waals surface area contributed by atoms with Crippen LogP contribution in [0.2, 0.25) is 0 Å². The number of nitrogens with zero attached hydrogens (tertiary/aromatic N) is 3. The maximum atomic E-state index is 6.59. The standard InChI is InChI=1S/C17H22ClN3/c1-2-21-17(19-12-20-21)11-15-10-14(8-9-16(15)18)13-6-4-3-5-7-13/h3-7,12,14-16H,2,8-11H2,1H3. The zero-order valence-corrected chi connectivity index (χ0v) is 13.2. The summed E-state index contributed by atoms with van der Waals surface area (Å²) in [5, 5.41) is 4.52. The van der Waals surface area contributed by atoms with Gasteiger partial charge in [-0.1, -0.05) is 30.3 Å². The van der Waals surface area contributed by atoms with Gasteiger partial charge in [0.15, 0.2) is 0 Å². The lowest BCUT2D eigenvalue weighted by atomic mass is 9.76. The lowest BCUT2D eigenvalue weighted by Gasteiger charge is -2.33. The number of aromatic nitrogens is 3. The molecule has 0 aliphatic heterocycles. The average Bonchev–Trinajstić information content (AvgIpc) is 2.97. The molecule has 1 aliphatic carbocycles. The molecular formula is C17H22ClN3. The van der Waals surface area contributed by atoms with Gasteiger partial charge in [-0.2, -0.15) is 5.10 Å². The van der Waals surface area contributed by atoms with Crippen LogP contribution in [0, 0.1) is 5.92 Å². The van der Waals surface area contributed by atoms with Crippen LogP contribution in [0.25, 0.3) is 0 Å². The van der Waals surface area contributed by atoms with Gasteiger partial charge in [0.1, 0.15) is 12.2 Å². The molecule has 4 heteroatoms. The van der Waals surface area contributed by atoms with Crippen molar-refractivity contribution in [3.05, 3.63) is 48.0 Å². The van der Waals surface area contributed by atoms with Gasteiger partial charge in [-0.3, -0.25) is 4.68 Å². The summed E-state index contributed by atoms with van der Waals surface area (Å²) in [7, 11) is 0. The number of hydrogen-bond acceptors (Lipinski definition) is 2. The van der Waals surface area contributed by atoms with E-state index in [1.54, 1.807) is 6.33 Å². The Morgan fingerprint density at radius 2 is 2.05 bits per heavy atom. The number of halogens is 1. The third kappa shape index (κ3) is 3.29. The van der Waals surface area contributed by atoms with Crippen molar-refractivity contribution in [2.75, 3.05) is 0 Å². The predicted molar refractivity (Wildman–Crippen MR) is 85.6 cm³/mol. The molecule has 0 N–H and O–H groups in total. The summed E-state index contributed by atoms with van der Waals surface area (Å²) in [6.45, 7) is 2.97. The minimum Gasteiger partial charge on any atom is -0.250 e. The molecule has 3 rings (SSSR count). The van der Waals surface area contributed by atoms with Crippen molar-refractivity contribution in [2.24, 2.45) is 5.92 Å². The molecule has 0 spiro atoms. The van der Waals surface area contributed by atoms with E-state index in [0.717, 1.165) is 31.6 Å². The van der Waals surface area contributed by atoms with Gasteiger partial charge in [0.05, 0.1) is 0 Å². The molecule has 1 fully saturated rings. The van der Waals surface area contributed by atoms with Crippen LogP contribution < -0.4 is 0 Å². The van der Waals surface area contributed by atoms with Crippen LogP contribution in [-0.2, 0) is 13.0 Å². The van der Waals surface area contributed by atoms with E-state index < -0.39 is 0 Å². The normalized spacial score (nSPS) is 25.9. The number of aryl methyl sites for hydroxylation is 1. The van der Waals surface area contributed by atoms with Crippen LogP contribution in [0.15, 0.2) is 36.7 Å². The van der Waals surface area contributed by atoms with Crippen LogP contribution in [0.5, 0.6) is 0 Å². The summed E-state index contributed by atoms with van der Waals surface area (Å²) >= 11 is 6.59. The molecule has 1 aromatic heterocycles. The van der Waals surface area contributed by atoms with E-state index in [4.69, 9.17) is 11.6 Å². The average molecular weight is 304 g/mol. The highest BCUT2D eigenvalue weighted by atomic mass is 35.5. The van der Waals surface area contributed by atoms with E-state index in [-0.39, 0.29) is 5.38 Å². The van der Waals surface area contributed by atoms with Crippen LogP contribution >= 0.6 is 11.6 Å². The Morgan fingerprint density at radius 3 is 2.81 bits per heavy atom. The molecule has 1 aliphatic rings. The van der Waals surface area contributed by atoms with Crippen molar-refractivity contribution in [3.8, 4) is 0 Å². The number of rotatable bonds is 4. The second-order valence-electron chi connectivity index (χ2n) is 5.89. The van der Waals surface area contributed by atoms with Gasteiger partial charge in [-0.05, 0) is 43.6 Å². The van der Waals surface area contributed by atoms with E-state index in [1.807, 2.05) is 4.68 Å². The van der Waals surface area contributed by atoms with Crippen molar-refractivity contribution >= 4 is 11.6 Å². The van der Waals surface area contributed by atoms with E-state index >= 15 is 0 Å². The lowest BCUT2D eigenvalue weighted by Crippen LogP contribution is -2.27. The molecule has 21 heavy (non-hydrogen) atoms. The minimum absolute atomic E-state index is 0.256. The van der Waals surface area contributed by atoms with Crippen LogP contribution in [0.4, 0.5) is 0 Å². The molecule has 0 saturated heterocycles. The smallest absolute Gasteiger partial charge is 0.138 e. The van der Waals surface area contributed by atoms with Crippen molar-refractivity contribution in [1.82, 2.24) is 14.8 Å². The molecule has 3 atom stereocenters. The molecule has 0 amide bonds. The van der Waals surface area contributed by atoms with E-state index in [1.165, 1.54) is 12.0 Å². The first kappa shape index (κ1) is 14.6. The van der Waals surface area contributed by atoms with Crippen LogP contribution in [-0.4, -0.2) is 20.1 Å². The molecule has 1 saturated carbocycles. The Kier molecular flexibility index (Phi) is 4.59. The maximum Gasteiger partial charge on any atom is 0.138 e. The Morgan fingerprint density at radius 1 is 1.24 bits per heavy atom. The largest absolute Gasteiger partial charge is 0.250 e. The summed E-state index contributed by atoms with van der Waals surface area (Å²) in [5.41, 5.74) is 1.45. The Bertz CT molecular complexity index is 566. The Hall–Kier alpha value is -1.35. The molecule has 0 bridgehead atoms. The van der Waals surface area contributed by atoms with Crippen molar-refractivity contribution in [3.63, 3.8) is 0 Å². The third-order valence-corrected chi connectivity index (χ3v) is 5.18. The molecule has 3 unspecified atom stereocenters. The van der Waals surface area contributed by atoms with E-state index in [0.29, 0.717) is 11.8 Å². The number of alkyl halides is 1. The van der Waals surface area contributed by atoms with Gasteiger partial charge in [0.25, 0.3) is 0 Å². The third-order valence-electron chi connectivity index (χ3n) is 4.60. The zero-order chi connectivity index (χ0) is 14.7. The van der Waals surface area contributed by atoms with Gasteiger partial charge in [0, 0.05) is 18.3 Å². The second kappa shape index (κ2) is 6.61. The van der Waals surface area contributed by atoms with Crippen LogP contribution in [0.3, 0.4) is 0 Å². The molecule has 112 valence electrons. The summed E-state index contributed by atoms with van der Waals surface area (Å²) in [6.07, 6.45) is 6.01. The number of hydrogen-bond donors (Lipinski definition) is 0. The van der Waals surface area contributed by atoms with Gasteiger partial charge in [-0.15, -0.1) is 11.6 Å².